The van der Waals surface area contributed by atoms with Gasteiger partial charge in [-0.2, -0.15) is 0 Å². The number of benzene rings is 4. The maximum atomic E-state index is 12.8. The van der Waals surface area contributed by atoms with Crippen LogP contribution in [0.25, 0.3) is 66.8 Å². The van der Waals surface area contributed by atoms with Crippen molar-refractivity contribution >= 4 is 35.3 Å². The predicted molar refractivity (Wildman–Crippen MR) is 210 cm³/mol. The molecule has 4 aromatic carbocycles. The van der Waals surface area contributed by atoms with Crippen LogP contribution in [-0.4, -0.2) is 23.0 Å². The van der Waals surface area contributed by atoms with Gasteiger partial charge in [-0.25, -0.2) is 4.98 Å². The van der Waals surface area contributed by atoms with Crippen LogP contribution in [0.2, 0.25) is 19.6 Å². The molecule has 1 radical (unpaired) electrons. The molecule has 8 aromatic rings. The SMILES string of the molecule is C[Si](C)(C)c1ccc(-c2[c-]cc(F)cc2)nc1.[2H]c1cc(-c2ccccc2)cc(C([2H])([2H])[2H])c1-c1cc(-c2[c-]ccc3c2oc2nc(C([2H])([2H])[2H])ccc23)ncc1C([2H])([2H])[2H].[Ir]. The number of halogens is 1. The summed E-state index contributed by atoms with van der Waals surface area (Å²) < 4.78 is 100. The minimum Gasteiger partial charge on any atom is -0.486 e. The smallest absolute Gasteiger partial charge is 0.216 e. The van der Waals surface area contributed by atoms with Gasteiger partial charge in [0.2, 0.25) is 5.71 Å². The second-order valence-corrected chi connectivity index (χ2v) is 18.1. The van der Waals surface area contributed by atoms with Crippen LogP contribution >= 0.6 is 0 Å². The van der Waals surface area contributed by atoms with E-state index in [4.69, 9.17) is 18.1 Å². The first-order chi connectivity index (χ1) is 28.6. The maximum absolute atomic E-state index is 12.8. The van der Waals surface area contributed by atoms with Gasteiger partial charge in [0.1, 0.15) is 0 Å². The van der Waals surface area contributed by atoms with Crippen LogP contribution in [0.1, 0.15) is 30.5 Å². The van der Waals surface area contributed by atoms with Gasteiger partial charge < -0.3 is 14.4 Å². The third-order valence-electron chi connectivity index (χ3n) is 8.46. The normalized spacial score (nSPS) is 14.8. The fourth-order valence-electron chi connectivity index (χ4n) is 5.69. The molecule has 8 rings (SSSR count). The Morgan fingerprint density at radius 3 is 2.29 bits per heavy atom. The van der Waals surface area contributed by atoms with Crippen LogP contribution in [0.4, 0.5) is 4.39 Å². The summed E-state index contributed by atoms with van der Waals surface area (Å²) in [5, 5.41) is 2.50. The van der Waals surface area contributed by atoms with Crippen molar-refractivity contribution in [1.82, 2.24) is 15.0 Å². The molecular weight excluding hydrogens is 838 g/mol. The van der Waals surface area contributed by atoms with E-state index in [1.165, 1.54) is 41.6 Å². The molecule has 0 aliphatic carbocycles. The van der Waals surface area contributed by atoms with E-state index in [2.05, 4.69) is 52.8 Å². The second kappa shape index (κ2) is 15.3. The predicted octanol–water partition coefficient (Wildman–Crippen LogP) is 11.3. The molecule has 0 fully saturated rings. The zero-order valence-electron chi connectivity index (χ0n) is 38.4. The van der Waals surface area contributed by atoms with Crippen LogP contribution in [0.3, 0.4) is 0 Å². The maximum Gasteiger partial charge on any atom is 0.216 e. The van der Waals surface area contributed by atoms with Gasteiger partial charge in [0.25, 0.3) is 0 Å². The Kier molecular flexibility index (Phi) is 7.58. The third-order valence-corrected chi connectivity index (χ3v) is 10.5. The average molecular weight is 886 g/mol. The number of rotatable bonds is 5. The molecule has 0 bridgehead atoms. The van der Waals surface area contributed by atoms with E-state index >= 15 is 0 Å². The molecule has 4 aromatic heterocycles. The molecule has 0 atom stereocenters. The topological polar surface area (TPSA) is 51.8 Å². The number of nitrogens with zero attached hydrogens (tertiary/aromatic N) is 3. The number of aromatic nitrogens is 3. The summed E-state index contributed by atoms with van der Waals surface area (Å²) >= 11 is 0. The first kappa shape index (κ1) is 25.8. The molecule has 0 spiro atoms. The number of hydrogen-bond acceptors (Lipinski definition) is 4. The summed E-state index contributed by atoms with van der Waals surface area (Å²) in [4.78, 5) is 13.0. The summed E-state index contributed by atoms with van der Waals surface area (Å²) in [6.07, 6.45) is 3.09. The minimum absolute atomic E-state index is 0. The number of fused-ring (bicyclic) bond motifs is 3. The Hall–Kier alpha value is -5.07. The molecule has 0 N–H and O–H groups in total. The largest absolute Gasteiger partial charge is 0.486 e. The van der Waals surface area contributed by atoms with Crippen molar-refractivity contribution in [2.75, 3.05) is 0 Å². The Labute approximate surface area is 333 Å². The average Bonchev–Trinajstić information content (AvgIpc) is 3.58. The summed E-state index contributed by atoms with van der Waals surface area (Å²) in [6.45, 7) is -0.937. The number of aryl methyl sites for hydroxylation is 3. The van der Waals surface area contributed by atoms with Gasteiger partial charge in [0, 0.05) is 61.7 Å². The number of hydrogen-bond donors (Lipinski definition) is 0. The molecule has 0 saturated carbocycles. The van der Waals surface area contributed by atoms with E-state index in [1.54, 1.807) is 48.5 Å². The zero-order chi connectivity index (χ0) is 44.1. The van der Waals surface area contributed by atoms with Crippen LogP contribution in [-0.2, 0) is 20.1 Å². The molecule has 52 heavy (non-hydrogen) atoms. The van der Waals surface area contributed by atoms with E-state index in [1.807, 2.05) is 18.3 Å². The Bertz CT molecular complexity index is 2880. The standard InChI is InChI=1S/C31H23N2O.C14H15FNSi.Ir/c1-19-16-23(22-8-5-4-6-9-22)13-15-24(19)28-17-29(32-18-20(28)2)27-11-7-10-25-26-14-12-21(3)33-31(26)34-30(25)27;1-17(2,3)13-8-9-14(16-10-13)11-4-6-12(15)7-5-11;/h4-10,12-18H,1-3H3;4,6-10H,1-3H3;/q2*-1;/i1D3,2D3,3D3,15D;;. The molecule has 0 amide bonds. The van der Waals surface area contributed by atoms with Crippen molar-refractivity contribution in [3.05, 3.63) is 156 Å². The van der Waals surface area contributed by atoms with E-state index < -0.39 is 28.6 Å². The van der Waals surface area contributed by atoms with Gasteiger partial charge >= 0.3 is 0 Å². The molecule has 4 heterocycles. The first-order valence-corrected chi connectivity index (χ1v) is 19.7. The molecule has 0 aliphatic rings. The summed E-state index contributed by atoms with van der Waals surface area (Å²) in [5.41, 5.74) is 3.31. The number of furan rings is 1. The molecule has 4 nitrogen and oxygen atoms in total. The molecular formula is C45H38FIrN3OSi-2. The summed E-state index contributed by atoms with van der Waals surface area (Å²) in [7, 11) is -1.30. The van der Waals surface area contributed by atoms with Crippen molar-refractivity contribution in [2.45, 2.75) is 40.2 Å². The van der Waals surface area contributed by atoms with Gasteiger partial charge in [0.05, 0.1) is 15.0 Å². The van der Waals surface area contributed by atoms with Crippen molar-refractivity contribution < 1.29 is 42.6 Å². The Morgan fingerprint density at radius 2 is 1.58 bits per heavy atom. The van der Waals surface area contributed by atoms with Crippen LogP contribution < -0.4 is 5.19 Å². The van der Waals surface area contributed by atoms with Crippen molar-refractivity contribution in [2.24, 2.45) is 0 Å². The molecule has 0 saturated heterocycles. The molecule has 7 heteroatoms. The van der Waals surface area contributed by atoms with Crippen molar-refractivity contribution in [3.63, 3.8) is 0 Å². The van der Waals surface area contributed by atoms with Crippen molar-refractivity contribution in [3.8, 4) is 44.8 Å². The van der Waals surface area contributed by atoms with Gasteiger partial charge in [-0.3, -0.25) is 4.39 Å². The zero-order valence-corrected chi connectivity index (χ0v) is 31.8. The molecule has 0 aliphatic heterocycles. The van der Waals surface area contributed by atoms with Gasteiger partial charge in [-0.15, -0.1) is 48.0 Å². The van der Waals surface area contributed by atoms with E-state index in [-0.39, 0.29) is 71.3 Å². The first-order valence-electron chi connectivity index (χ1n) is 21.2. The summed E-state index contributed by atoms with van der Waals surface area (Å²) in [6, 6.07) is 34.2. The van der Waals surface area contributed by atoms with Gasteiger partial charge in [-0.05, 0) is 82.6 Å². The van der Waals surface area contributed by atoms with Crippen LogP contribution in [0.15, 0.2) is 126 Å². The van der Waals surface area contributed by atoms with E-state index in [0.717, 1.165) is 17.5 Å². The van der Waals surface area contributed by atoms with Crippen molar-refractivity contribution in [1.29, 1.82) is 0 Å². The fourth-order valence-corrected chi connectivity index (χ4v) is 6.73. The third kappa shape index (κ3) is 7.73. The van der Waals surface area contributed by atoms with Crippen LogP contribution in [0, 0.1) is 38.5 Å². The molecule has 0 unspecified atom stereocenters. The van der Waals surface area contributed by atoms with E-state index in [9.17, 15) is 4.39 Å². The molecule has 261 valence electrons. The second-order valence-electron chi connectivity index (χ2n) is 13.0. The monoisotopic (exact) mass is 886 g/mol. The number of pyridine rings is 3. The quantitative estimate of drug-likeness (QED) is 0.128. The fraction of sp³-hybridized carbons (Fsp3) is 0.133. The summed E-state index contributed by atoms with van der Waals surface area (Å²) in [5.74, 6) is -0.271. The van der Waals surface area contributed by atoms with E-state index in [0.29, 0.717) is 33.0 Å². The van der Waals surface area contributed by atoms with Crippen LogP contribution in [0.5, 0.6) is 0 Å². The Morgan fingerprint density at radius 1 is 0.750 bits per heavy atom. The minimum atomic E-state index is -2.68. The van der Waals surface area contributed by atoms with Gasteiger partial charge in [0.15, 0.2) is 0 Å². The van der Waals surface area contributed by atoms with Gasteiger partial charge in [-0.1, -0.05) is 97.3 Å². The Balaban J connectivity index is 0.000000299.